The van der Waals surface area contributed by atoms with Crippen LogP contribution in [0.3, 0.4) is 0 Å². The van der Waals surface area contributed by atoms with E-state index in [1.807, 2.05) is 6.92 Å². The van der Waals surface area contributed by atoms with Crippen LogP contribution in [0.2, 0.25) is 0 Å². The van der Waals surface area contributed by atoms with Crippen molar-refractivity contribution in [2.24, 2.45) is 5.92 Å². The fraction of sp³-hybridized carbons (Fsp3) is 0.846. The highest BCUT2D eigenvalue weighted by Gasteiger charge is 2.22. The third-order valence-corrected chi connectivity index (χ3v) is 3.13. The zero-order chi connectivity index (χ0) is 14.3. The molecule has 0 saturated carbocycles. The molecule has 18 heavy (non-hydrogen) atoms. The smallest absolute Gasteiger partial charge is 0.307 e. The zero-order valence-electron chi connectivity index (χ0n) is 12.1. The van der Waals surface area contributed by atoms with Gasteiger partial charge < -0.3 is 10.4 Å². The Kier molecular flexibility index (Phi) is 7.59. The van der Waals surface area contributed by atoms with Gasteiger partial charge in [0.25, 0.3) is 0 Å². The van der Waals surface area contributed by atoms with E-state index in [1.54, 1.807) is 25.8 Å². The van der Waals surface area contributed by atoms with Gasteiger partial charge in [0.1, 0.15) is 0 Å². The SMILES string of the molecule is CCCC(C)NC(=O)C(C)N(C)CC(C)C(=O)O. The molecule has 0 aliphatic carbocycles. The molecule has 0 rings (SSSR count). The molecule has 5 nitrogen and oxygen atoms in total. The highest BCUT2D eigenvalue weighted by molar-refractivity contribution is 5.81. The van der Waals surface area contributed by atoms with Crippen molar-refractivity contribution in [3.63, 3.8) is 0 Å². The number of rotatable bonds is 8. The molecule has 0 fully saturated rings. The van der Waals surface area contributed by atoms with E-state index in [0.717, 1.165) is 12.8 Å². The average molecular weight is 258 g/mol. The van der Waals surface area contributed by atoms with Gasteiger partial charge in [-0.15, -0.1) is 0 Å². The Balaban J connectivity index is 4.23. The molecule has 0 radical (unpaired) electrons. The highest BCUT2D eigenvalue weighted by atomic mass is 16.4. The maximum Gasteiger partial charge on any atom is 0.307 e. The van der Waals surface area contributed by atoms with Crippen molar-refractivity contribution in [3.8, 4) is 0 Å². The molecule has 5 heteroatoms. The van der Waals surface area contributed by atoms with Gasteiger partial charge >= 0.3 is 5.97 Å². The fourth-order valence-corrected chi connectivity index (χ4v) is 1.74. The standard InChI is InChI=1S/C13H26N2O3/c1-6-7-10(3)14-12(16)11(4)15(5)8-9(2)13(17)18/h9-11H,6-8H2,1-5H3,(H,14,16)(H,17,18). The van der Waals surface area contributed by atoms with E-state index in [1.165, 1.54) is 0 Å². The van der Waals surface area contributed by atoms with Crippen LogP contribution in [-0.4, -0.2) is 47.6 Å². The largest absolute Gasteiger partial charge is 0.481 e. The van der Waals surface area contributed by atoms with E-state index in [0.29, 0.717) is 6.54 Å². The van der Waals surface area contributed by atoms with E-state index in [9.17, 15) is 9.59 Å². The average Bonchev–Trinajstić information content (AvgIpc) is 2.27. The Morgan fingerprint density at radius 3 is 2.28 bits per heavy atom. The van der Waals surface area contributed by atoms with Gasteiger partial charge in [-0.2, -0.15) is 0 Å². The number of carboxylic acid groups (broad SMARTS) is 1. The van der Waals surface area contributed by atoms with Crippen LogP contribution in [0.15, 0.2) is 0 Å². The van der Waals surface area contributed by atoms with Crippen LogP contribution < -0.4 is 5.32 Å². The molecular weight excluding hydrogens is 232 g/mol. The number of nitrogens with zero attached hydrogens (tertiary/aromatic N) is 1. The van der Waals surface area contributed by atoms with Gasteiger partial charge in [0, 0.05) is 12.6 Å². The Morgan fingerprint density at radius 1 is 1.28 bits per heavy atom. The van der Waals surface area contributed by atoms with Crippen molar-refractivity contribution in [1.29, 1.82) is 0 Å². The van der Waals surface area contributed by atoms with Crippen LogP contribution in [0.5, 0.6) is 0 Å². The molecule has 0 aromatic rings. The summed E-state index contributed by atoms with van der Waals surface area (Å²) in [6.07, 6.45) is 1.98. The van der Waals surface area contributed by atoms with E-state index in [2.05, 4.69) is 12.2 Å². The van der Waals surface area contributed by atoms with Crippen LogP contribution >= 0.6 is 0 Å². The van der Waals surface area contributed by atoms with E-state index >= 15 is 0 Å². The molecule has 3 atom stereocenters. The van der Waals surface area contributed by atoms with Crippen molar-refractivity contribution >= 4 is 11.9 Å². The summed E-state index contributed by atoms with van der Waals surface area (Å²) in [5.41, 5.74) is 0. The third kappa shape index (κ3) is 6.00. The summed E-state index contributed by atoms with van der Waals surface area (Å²) in [5.74, 6) is -1.36. The van der Waals surface area contributed by atoms with Gasteiger partial charge in [0.15, 0.2) is 0 Å². The third-order valence-electron chi connectivity index (χ3n) is 3.13. The molecule has 2 N–H and O–H groups in total. The van der Waals surface area contributed by atoms with E-state index in [4.69, 9.17) is 5.11 Å². The monoisotopic (exact) mass is 258 g/mol. The summed E-state index contributed by atoms with van der Waals surface area (Å²) in [6.45, 7) is 7.86. The second-order valence-electron chi connectivity index (χ2n) is 5.05. The highest BCUT2D eigenvalue weighted by Crippen LogP contribution is 2.04. The van der Waals surface area contributed by atoms with Gasteiger partial charge in [0.05, 0.1) is 12.0 Å². The number of likely N-dealkylation sites (N-methyl/N-ethyl adjacent to an activating group) is 1. The number of nitrogens with one attached hydrogen (secondary N) is 1. The topological polar surface area (TPSA) is 69.6 Å². The van der Waals surface area contributed by atoms with E-state index < -0.39 is 11.9 Å². The Hall–Kier alpha value is -1.10. The minimum atomic E-state index is -0.839. The summed E-state index contributed by atoms with van der Waals surface area (Å²) >= 11 is 0. The van der Waals surface area contributed by atoms with Crippen molar-refractivity contribution in [2.75, 3.05) is 13.6 Å². The van der Waals surface area contributed by atoms with Crippen molar-refractivity contribution in [2.45, 2.75) is 52.6 Å². The summed E-state index contributed by atoms with van der Waals surface area (Å²) in [4.78, 5) is 24.5. The second kappa shape index (κ2) is 8.08. The molecule has 0 aliphatic heterocycles. The molecular formula is C13H26N2O3. The first kappa shape index (κ1) is 16.9. The van der Waals surface area contributed by atoms with Crippen molar-refractivity contribution < 1.29 is 14.7 Å². The minimum Gasteiger partial charge on any atom is -0.481 e. The number of aliphatic carboxylic acids is 1. The normalized spacial score (nSPS) is 16.1. The molecule has 0 heterocycles. The Labute approximate surface area is 110 Å². The Bertz CT molecular complexity index is 281. The lowest BCUT2D eigenvalue weighted by Gasteiger charge is -2.26. The predicted molar refractivity (Wildman–Crippen MR) is 71.4 cm³/mol. The summed E-state index contributed by atoms with van der Waals surface area (Å²) in [5, 5.41) is 11.8. The van der Waals surface area contributed by atoms with Crippen LogP contribution in [0.25, 0.3) is 0 Å². The van der Waals surface area contributed by atoms with Gasteiger partial charge in [-0.25, -0.2) is 0 Å². The summed E-state index contributed by atoms with van der Waals surface area (Å²) in [7, 11) is 1.77. The number of carbonyl (C=O) groups is 2. The van der Waals surface area contributed by atoms with Crippen molar-refractivity contribution in [3.05, 3.63) is 0 Å². The van der Waals surface area contributed by atoms with Crippen LogP contribution in [-0.2, 0) is 9.59 Å². The molecule has 0 spiro atoms. The molecule has 1 amide bonds. The van der Waals surface area contributed by atoms with Gasteiger partial charge in [-0.05, 0) is 27.3 Å². The lowest BCUT2D eigenvalue weighted by molar-refractivity contribution is -0.142. The number of hydrogen-bond acceptors (Lipinski definition) is 3. The molecule has 106 valence electrons. The van der Waals surface area contributed by atoms with Gasteiger partial charge in [0.2, 0.25) is 5.91 Å². The van der Waals surface area contributed by atoms with Crippen LogP contribution in [0.4, 0.5) is 0 Å². The second-order valence-corrected chi connectivity index (χ2v) is 5.05. The summed E-state index contributed by atoms with van der Waals surface area (Å²) < 4.78 is 0. The van der Waals surface area contributed by atoms with Crippen LogP contribution in [0, 0.1) is 5.92 Å². The molecule has 0 aromatic heterocycles. The Morgan fingerprint density at radius 2 is 1.83 bits per heavy atom. The zero-order valence-corrected chi connectivity index (χ0v) is 12.1. The first-order valence-electron chi connectivity index (χ1n) is 6.53. The maximum atomic E-state index is 11.9. The van der Waals surface area contributed by atoms with Crippen LogP contribution in [0.1, 0.15) is 40.5 Å². The van der Waals surface area contributed by atoms with Gasteiger partial charge in [-0.3, -0.25) is 14.5 Å². The lowest BCUT2D eigenvalue weighted by Crippen LogP contribution is -2.47. The first-order chi connectivity index (χ1) is 8.29. The molecule has 0 aliphatic rings. The van der Waals surface area contributed by atoms with Gasteiger partial charge in [-0.1, -0.05) is 20.3 Å². The van der Waals surface area contributed by atoms with E-state index in [-0.39, 0.29) is 18.0 Å². The minimum absolute atomic E-state index is 0.0453. The summed E-state index contributed by atoms with van der Waals surface area (Å²) in [6, 6.07) is -0.152. The fourth-order valence-electron chi connectivity index (χ4n) is 1.74. The predicted octanol–water partition coefficient (Wildman–Crippen LogP) is 1.33. The first-order valence-corrected chi connectivity index (χ1v) is 6.53. The molecule has 0 bridgehead atoms. The molecule has 0 aromatic carbocycles. The number of carboxylic acids is 1. The quantitative estimate of drug-likeness (QED) is 0.689. The number of carbonyl (C=O) groups excluding carboxylic acids is 1. The number of hydrogen-bond donors (Lipinski definition) is 2. The molecule has 0 saturated heterocycles. The lowest BCUT2D eigenvalue weighted by atomic mass is 10.1. The van der Waals surface area contributed by atoms with Crippen molar-refractivity contribution in [1.82, 2.24) is 10.2 Å². The maximum absolute atomic E-state index is 11.9. The molecule has 3 unspecified atom stereocenters. The number of amides is 1.